The van der Waals surface area contributed by atoms with Gasteiger partial charge in [0.05, 0.1) is 23.7 Å². The zero-order valence-corrected chi connectivity index (χ0v) is 18.0. The second-order valence-electron chi connectivity index (χ2n) is 6.99. The minimum Gasteiger partial charge on any atom is -0.492 e. The molecule has 2 aliphatic rings. The molecular formula is C19H29N3O4S2. The zero-order valence-electron chi connectivity index (χ0n) is 16.4. The van der Waals surface area contributed by atoms with E-state index in [1.807, 2.05) is 18.7 Å². The number of sulfonamides is 1. The van der Waals surface area contributed by atoms with Crippen molar-refractivity contribution < 1.29 is 17.9 Å². The van der Waals surface area contributed by atoms with Gasteiger partial charge in [-0.05, 0) is 38.0 Å². The predicted octanol–water partition coefficient (Wildman–Crippen LogP) is 2.25. The van der Waals surface area contributed by atoms with E-state index in [-0.39, 0.29) is 10.8 Å². The zero-order chi connectivity index (χ0) is 20.0. The van der Waals surface area contributed by atoms with Crippen molar-refractivity contribution in [2.45, 2.75) is 31.1 Å². The van der Waals surface area contributed by atoms with Gasteiger partial charge >= 0.3 is 0 Å². The van der Waals surface area contributed by atoms with Crippen molar-refractivity contribution in [1.82, 2.24) is 9.21 Å². The number of hydrogen-bond acceptors (Lipinski definition) is 6. The molecule has 1 aromatic carbocycles. The minimum absolute atomic E-state index is 0.152. The highest BCUT2D eigenvalue weighted by Gasteiger charge is 2.27. The van der Waals surface area contributed by atoms with Crippen molar-refractivity contribution in [1.29, 1.82) is 0 Å². The van der Waals surface area contributed by atoms with E-state index in [4.69, 9.17) is 4.74 Å². The van der Waals surface area contributed by atoms with Crippen molar-refractivity contribution in [3.63, 3.8) is 0 Å². The lowest BCUT2D eigenvalue weighted by molar-refractivity contribution is -0.117. The van der Waals surface area contributed by atoms with E-state index in [1.54, 1.807) is 12.1 Å². The fraction of sp³-hybridized carbons (Fsp3) is 0.632. The average molecular weight is 428 g/mol. The summed E-state index contributed by atoms with van der Waals surface area (Å²) in [6, 6.07) is 4.72. The number of thioether (sulfide) groups is 1. The molecule has 0 radical (unpaired) electrons. The first kappa shape index (κ1) is 21.4. The van der Waals surface area contributed by atoms with Crippen LogP contribution in [0.4, 0.5) is 5.69 Å². The van der Waals surface area contributed by atoms with Crippen LogP contribution in [0.5, 0.6) is 5.75 Å². The Morgan fingerprint density at radius 2 is 1.86 bits per heavy atom. The highest BCUT2D eigenvalue weighted by atomic mass is 32.2. The van der Waals surface area contributed by atoms with E-state index in [0.29, 0.717) is 37.7 Å². The summed E-state index contributed by atoms with van der Waals surface area (Å²) in [6.07, 6.45) is 2.83. The van der Waals surface area contributed by atoms with Gasteiger partial charge in [-0.1, -0.05) is 6.42 Å². The van der Waals surface area contributed by atoms with E-state index in [9.17, 15) is 13.2 Å². The summed E-state index contributed by atoms with van der Waals surface area (Å²) < 4.78 is 33.1. The first-order valence-corrected chi connectivity index (χ1v) is 12.5. The molecule has 1 aromatic rings. The number of hydrogen-bond donors (Lipinski definition) is 1. The Hall–Kier alpha value is -1.29. The van der Waals surface area contributed by atoms with Gasteiger partial charge in [-0.3, -0.25) is 9.69 Å². The minimum atomic E-state index is -3.57. The molecule has 2 heterocycles. The van der Waals surface area contributed by atoms with Gasteiger partial charge in [-0.15, -0.1) is 0 Å². The molecule has 7 nitrogen and oxygen atoms in total. The summed E-state index contributed by atoms with van der Waals surface area (Å²) in [5.74, 6) is 2.39. The summed E-state index contributed by atoms with van der Waals surface area (Å²) in [6.45, 7) is 5.46. The average Bonchev–Trinajstić information content (AvgIpc) is 2.70. The number of nitrogens with one attached hydrogen (secondary N) is 1. The summed E-state index contributed by atoms with van der Waals surface area (Å²) >= 11 is 1.89. The van der Waals surface area contributed by atoms with Crippen LogP contribution in [0.15, 0.2) is 23.1 Å². The molecule has 2 aliphatic heterocycles. The summed E-state index contributed by atoms with van der Waals surface area (Å²) in [5, 5.41) is 2.86. The van der Waals surface area contributed by atoms with Gasteiger partial charge in [0.15, 0.2) is 0 Å². The number of anilines is 1. The summed E-state index contributed by atoms with van der Waals surface area (Å²) in [4.78, 5) is 14.8. The van der Waals surface area contributed by atoms with Gasteiger partial charge in [-0.25, -0.2) is 8.42 Å². The van der Waals surface area contributed by atoms with Gasteiger partial charge in [0.1, 0.15) is 5.75 Å². The molecule has 3 rings (SSSR count). The highest BCUT2D eigenvalue weighted by Crippen LogP contribution is 2.30. The van der Waals surface area contributed by atoms with Crippen LogP contribution in [0.2, 0.25) is 0 Å². The maximum absolute atomic E-state index is 13.0. The van der Waals surface area contributed by atoms with Gasteiger partial charge in [0.2, 0.25) is 15.9 Å². The van der Waals surface area contributed by atoms with Crippen molar-refractivity contribution in [2.75, 3.05) is 56.2 Å². The third-order valence-electron chi connectivity index (χ3n) is 4.95. The first-order valence-electron chi connectivity index (χ1n) is 9.87. The Balaban J connectivity index is 1.77. The third-order valence-corrected chi connectivity index (χ3v) is 7.79. The van der Waals surface area contributed by atoms with Gasteiger partial charge in [0.25, 0.3) is 0 Å². The van der Waals surface area contributed by atoms with Crippen LogP contribution in [0, 0.1) is 0 Å². The molecule has 0 bridgehead atoms. The number of benzene rings is 1. The van der Waals surface area contributed by atoms with Crippen LogP contribution in [-0.4, -0.2) is 74.4 Å². The summed E-state index contributed by atoms with van der Waals surface area (Å²) in [7, 11) is -3.57. The molecule has 0 unspecified atom stereocenters. The van der Waals surface area contributed by atoms with Crippen molar-refractivity contribution in [3.8, 4) is 5.75 Å². The normalized spacial score (nSPS) is 19.3. The van der Waals surface area contributed by atoms with E-state index in [2.05, 4.69) is 10.2 Å². The van der Waals surface area contributed by atoms with E-state index < -0.39 is 10.0 Å². The Kier molecular flexibility index (Phi) is 7.62. The maximum Gasteiger partial charge on any atom is 0.243 e. The molecule has 0 atom stereocenters. The smallest absolute Gasteiger partial charge is 0.243 e. The number of amides is 1. The fourth-order valence-electron chi connectivity index (χ4n) is 3.46. The van der Waals surface area contributed by atoms with E-state index >= 15 is 0 Å². The molecule has 0 spiro atoms. The maximum atomic E-state index is 13.0. The lowest BCUT2D eigenvalue weighted by Gasteiger charge is -2.27. The molecular weight excluding hydrogens is 398 g/mol. The Bertz CT molecular complexity index is 773. The Labute approximate surface area is 171 Å². The second kappa shape index (κ2) is 9.96. The van der Waals surface area contributed by atoms with Gasteiger partial charge < -0.3 is 10.1 Å². The second-order valence-corrected chi connectivity index (χ2v) is 10.2. The van der Waals surface area contributed by atoms with Gasteiger partial charge in [0, 0.05) is 37.7 Å². The highest BCUT2D eigenvalue weighted by molar-refractivity contribution is 7.99. The largest absolute Gasteiger partial charge is 0.492 e. The number of nitrogens with zero attached hydrogens (tertiary/aromatic N) is 2. The molecule has 28 heavy (non-hydrogen) atoms. The summed E-state index contributed by atoms with van der Waals surface area (Å²) in [5.41, 5.74) is 0.413. The van der Waals surface area contributed by atoms with Gasteiger partial charge in [-0.2, -0.15) is 16.1 Å². The topological polar surface area (TPSA) is 79.0 Å². The molecule has 1 amide bonds. The number of carbonyl (C=O) groups is 1. The molecule has 1 N–H and O–H groups in total. The van der Waals surface area contributed by atoms with Crippen molar-refractivity contribution >= 4 is 33.4 Å². The monoisotopic (exact) mass is 427 g/mol. The van der Waals surface area contributed by atoms with Crippen LogP contribution in [0.3, 0.4) is 0 Å². The fourth-order valence-corrected chi connectivity index (χ4v) is 5.98. The number of piperidine rings is 1. The van der Waals surface area contributed by atoms with Crippen LogP contribution in [-0.2, 0) is 14.8 Å². The number of ether oxygens (including phenoxy) is 1. The van der Waals surface area contributed by atoms with Crippen molar-refractivity contribution in [3.05, 3.63) is 18.2 Å². The van der Waals surface area contributed by atoms with Crippen LogP contribution in [0.25, 0.3) is 0 Å². The quantitative estimate of drug-likeness (QED) is 0.719. The predicted molar refractivity (Wildman–Crippen MR) is 113 cm³/mol. The molecule has 0 saturated carbocycles. The third kappa shape index (κ3) is 5.40. The molecule has 2 saturated heterocycles. The van der Waals surface area contributed by atoms with Crippen LogP contribution in [0.1, 0.15) is 26.2 Å². The van der Waals surface area contributed by atoms with Crippen LogP contribution >= 0.6 is 11.8 Å². The van der Waals surface area contributed by atoms with E-state index in [1.165, 1.54) is 10.4 Å². The Morgan fingerprint density at radius 3 is 2.54 bits per heavy atom. The molecule has 0 aliphatic carbocycles. The van der Waals surface area contributed by atoms with Crippen molar-refractivity contribution in [2.24, 2.45) is 0 Å². The molecule has 156 valence electrons. The molecule has 2 fully saturated rings. The molecule has 0 aromatic heterocycles. The lowest BCUT2D eigenvalue weighted by Crippen LogP contribution is -2.38. The SMILES string of the molecule is CCOc1ccc(S(=O)(=O)N2CCCCC2)cc1NC(=O)CN1CCSCC1. The lowest BCUT2D eigenvalue weighted by atomic mass is 10.2. The number of carbonyl (C=O) groups excluding carboxylic acids is 1. The first-order chi connectivity index (χ1) is 13.5. The number of rotatable bonds is 7. The molecule has 9 heteroatoms. The Morgan fingerprint density at radius 1 is 1.14 bits per heavy atom. The van der Waals surface area contributed by atoms with E-state index in [0.717, 1.165) is 43.9 Å². The standard InChI is InChI=1S/C19H29N3O4S2/c1-2-26-18-7-6-16(28(24,25)22-8-4-3-5-9-22)14-17(18)20-19(23)15-21-10-12-27-13-11-21/h6-7,14H,2-5,8-13,15H2,1H3,(H,20,23). The van der Waals surface area contributed by atoms with Crippen LogP contribution < -0.4 is 10.1 Å².